The van der Waals surface area contributed by atoms with Crippen LogP contribution in [0.4, 0.5) is 0 Å². The SMILES string of the molecule is CN(CCCN)Cc1cccc2c1CN(C1CCC(=O)NC1=O)C2=O. The third-order valence-corrected chi connectivity index (χ3v) is 4.86. The minimum Gasteiger partial charge on any atom is -0.330 e. The molecule has 7 nitrogen and oxygen atoms in total. The van der Waals surface area contributed by atoms with Crippen molar-refractivity contribution in [3.63, 3.8) is 0 Å². The van der Waals surface area contributed by atoms with Gasteiger partial charge < -0.3 is 15.5 Å². The zero-order chi connectivity index (χ0) is 18.0. The molecule has 134 valence electrons. The topological polar surface area (TPSA) is 95.7 Å². The maximum atomic E-state index is 12.8. The Balaban J connectivity index is 1.78. The standard InChI is InChI=1S/C18H24N4O3/c1-21(9-3-8-19)10-12-4-2-5-13-14(12)11-22(18(13)25)15-6-7-16(23)20-17(15)24/h2,4-5,15H,3,6-11,19H2,1H3,(H,20,23,24). The lowest BCUT2D eigenvalue weighted by Crippen LogP contribution is -2.52. The summed E-state index contributed by atoms with van der Waals surface area (Å²) in [6.45, 7) is 2.70. The molecule has 0 aliphatic carbocycles. The Morgan fingerprint density at radius 3 is 2.84 bits per heavy atom. The second-order valence-corrected chi connectivity index (χ2v) is 6.72. The molecule has 0 aromatic heterocycles. The van der Waals surface area contributed by atoms with Crippen molar-refractivity contribution in [2.24, 2.45) is 5.73 Å². The first-order chi connectivity index (χ1) is 12.0. The number of piperidine rings is 1. The van der Waals surface area contributed by atoms with Gasteiger partial charge in [-0.3, -0.25) is 19.7 Å². The average Bonchev–Trinajstić information content (AvgIpc) is 2.91. The molecule has 3 amide bonds. The molecule has 3 N–H and O–H groups in total. The maximum Gasteiger partial charge on any atom is 0.255 e. The number of imide groups is 1. The molecule has 1 unspecified atom stereocenters. The predicted molar refractivity (Wildman–Crippen MR) is 92.5 cm³/mol. The summed E-state index contributed by atoms with van der Waals surface area (Å²) in [7, 11) is 2.03. The summed E-state index contributed by atoms with van der Waals surface area (Å²) in [6, 6.07) is 5.16. The van der Waals surface area contributed by atoms with Gasteiger partial charge in [0.15, 0.2) is 0 Å². The average molecular weight is 344 g/mol. The molecule has 1 saturated heterocycles. The van der Waals surface area contributed by atoms with Gasteiger partial charge in [0.05, 0.1) is 0 Å². The highest BCUT2D eigenvalue weighted by molar-refractivity contribution is 6.05. The molecule has 1 atom stereocenters. The number of nitrogens with two attached hydrogens (primary N) is 1. The van der Waals surface area contributed by atoms with Crippen molar-refractivity contribution < 1.29 is 14.4 Å². The summed E-state index contributed by atoms with van der Waals surface area (Å²) in [5, 5.41) is 2.33. The number of carbonyl (C=O) groups excluding carboxylic acids is 3. The minimum atomic E-state index is -0.569. The first-order valence-electron chi connectivity index (χ1n) is 8.65. The third kappa shape index (κ3) is 3.57. The van der Waals surface area contributed by atoms with Crippen LogP contribution in [0.15, 0.2) is 18.2 Å². The van der Waals surface area contributed by atoms with Crippen LogP contribution in [-0.4, -0.2) is 53.7 Å². The van der Waals surface area contributed by atoms with E-state index in [9.17, 15) is 14.4 Å². The van der Waals surface area contributed by atoms with Crippen molar-refractivity contribution in [1.29, 1.82) is 0 Å². The van der Waals surface area contributed by atoms with Crippen molar-refractivity contribution in [2.75, 3.05) is 20.1 Å². The Morgan fingerprint density at radius 1 is 1.32 bits per heavy atom. The van der Waals surface area contributed by atoms with Gasteiger partial charge in [0.1, 0.15) is 6.04 Å². The molecule has 3 rings (SSSR count). The quantitative estimate of drug-likeness (QED) is 0.720. The van der Waals surface area contributed by atoms with Gasteiger partial charge in [-0.2, -0.15) is 0 Å². The van der Waals surface area contributed by atoms with E-state index in [1.54, 1.807) is 4.90 Å². The Labute approximate surface area is 147 Å². The number of nitrogens with zero attached hydrogens (tertiary/aromatic N) is 2. The summed E-state index contributed by atoms with van der Waals surface area (Å²) < 4.78 is 0. The number of benzene rings is 1. The van der Waals surface area contributed by atoms with Gasteiger partial charge in [-0.05, 0) is 50.2 Å². The summed E-state index contributed by atoms with van der Waals surface area (Å²) >= 11 is 0. The van der Waals surface area contributed by atoms with Gasteiger partial charge in [-0.1, -0.05) is 12.1 Å². The monoisotopic (exact) mass is 344 g/mol. The molecule has 1 aromatic rings. The van der Waals surface area contributed by atoms with Gasteiger partial charge in [-0.25, -0.2) is 0 Å². The van der Waals surface area contributed by atoms with Gasteiger partial charge >= 0.3 is 0 Å². The van der Waals surface area contributed by atoms with Crippen LogP contribution in [-0.2, 0) is 22.7 Å². The van der Waals surface area contributed by atoms with E-state index in [0.29, 0.717) is 25.1 Å². The molecule has 2 aliphatic heterocycles. The van der Waals surface area contributed by atoms with Crippen LogP contribution in [0.5, 0.6) is 0 Å². The Bertz CT molecular complexity index is 704. The van der Waals surface area contributed by atoms with Crippen LogP contribution < -0.4 is 11.1 Å². The van der Waals surface area contributed by atoms with Gasteiger partial charge in [0.25, 0.3) is 5.91 Å². The van der Waals surface area contributed by atoms with E-state index < -0.39 is 6.04 Å². The molecule has 25 heavy (non-hydrogen) atoms. The molecule has 0 radical (unpaired) electrons. The second kappa shape index (κ2) is 7.33. The minimum absolute atomic E-state index is 0.129. The van der Waals surface area contributed by atoms with Crippen LogP contribution in [0.2, 0.25) is 0 Å². The zero-order valence-electron chi connectivity index (χ0n) is 14.5. The van der Waals surface area contributed by atoms with Crippen molar-refractivity contribution in [3.05, 3.63) is 34.9 Å². The first kappa shape index (κ1) is 17.6. The molecule has 1 aromatic carbocycles. The summed E-state index contributed by atoms with van der Waals surface area (Å²) in [5.74, 6) is -0.775. The molecule has 0 bridgehead atoms. The van der Waals surface area contributed by atoms with Crippen molar-refractivity contribution >= 4 is 17.7 Å². The van der Waals surface area contributed by atoms with E-state index >= 15 is 0 Å². The Kier molecular flexibility index (Phi) is 5.15. The zero-order valence-corrected chi connectivity index (χ0v) is 14.5. The number of nitrogens with one attached hydrogen (secondary N) is 1. The number of rotatable bonds is 6. The van der Waals surface area contributed by atoms with E-state index in [0.717, 1.165) is 30.6 Å². The van der Waals surface area contributed by atoms with E-state index in [1.165, 1.54) is 0 Å². The molecule has 2 heterocycles. The number of amides is 3. The van der Waals surface area contributed by atoms with Gasteiger partial charge in [-0.15, -0.1) is 0 Å². The van der Waals surface area contributed by atoms with Crippen LogP contribution in [0.25, 0.3) is 0 Å². The van der Waals surface area contributed by atoms with Gasteiger partial charge in [0.2, 0.25) is 11.8 Å². The largest absolute Gasteiger partial charge is 0.330 e. The highest BCUT2D eigenvalue weighted by Gasteiger charge is 2.39. The fourth-order valence-corrected chi connectivity index (χ4v) is 3.53. The van der Waals surface area contributed by atoms with Crippen molar-refractivity contribution in [2.45, 2.75) is 38.4 Å². The van der Waals surface area contributed by atoms with Crippen molar-refractivity contribution in [1.82, 2.24) is 15.1 Å². The number of hydrogen-bond acceptors (Lipinski definition) is 5. The van der Waals surface area contributed by atoms with E-state index in [-0.39, 0.29) is 24.1 Å². The van der Waals surface area contributed by atoms with E-state index in [2.05, 4.69) is 10.2 Å². The predicted octanol–water partition coefficient (Wildman–Crippen LogP) is 0.228. The number of hydrogen-bond donors (Lipinski definition) is 2. The molecular formula is C18H24N4O3. The fraction of sp³-hybridized carbons (Fsp3) is 0.500. The van der Waals surface area contributed by atoms with Crippen LogP contribution in [0.3, 0.4) is 0 Å². The number of carbonyl (C=O) groups is 3. The van der Waals surface area contributed by atoms with Gasteiger partial charge in [0, 0.05) is 25.1 Å². The molecular weight excluding hydrogens is 320 g/mol. The van der Waals surface area contributed by atoms with E-state index in [1.807, 2.05) is 25.2 Å². The van der Waals surface area contributed by atoms with E-state index in [4.69, 9.17) is 5.73 Å². The Hall–Kier alpha value is -2.25. The summed E-state index contributed by atoms with van der Waals surface area (Å²) in [4.78, 5) is 40.0. The highest BCUT2D eigenvalue weighted by atomic mass is 16.2. The number of fused-ring (bicyclic) bond motifs is 1. The molecule has 2 aliphatic rings. The first-order valence-corrected chi connectivity index (χ1v) is 8.65. The third-order valence-electron chi connectivity index (χ3n) is 4.86. The smallest absolute Gasteiger partial charge is 0.255 e. The van der Waals surface area contributed by atoms with Crippen LogP contribution in [0, 0.1) is 0 Å². The van der Waals surface area contributed by atoms with Crippen LogP contribution >= 0.6 is 0 Å². The maximum absolute atomic E-state index is 12.8. The lowest BCUT2D eigenvalue weighted by atomic mass is 10.0. The lowest BCUT2D eigenvalue weighted by molar-refractivity contribution is -0.136. The van der Waals surface area contributed by atoms with Crippen molar-refractivity contribution in [3.8, 4) is 0 Å². The normalized spacial score (nSPS) is 20.2. The molecule has 7 heteroatoms. The molecule has 1 fully saturated rings. The highest BCUT2D eigenvalue weighted by Crippen LogP contribution is 2.30. The molecule has 0 saturated carbocycles. The Morgan fingerprint density at radius 2 is 2.12 bits per heavy atom. The summed E-state index contributed by atoms with van der Waals surface area (Å²) in [6.07, 6.45) is 1.58. The molecule has 0 spiro atoms. The summed E-state index contributed by atoms with van der Waals surface area (Å²) in [5.41, 5.74) is 8.30. The fourth-order valence-electron chi connectivity index (χ4n) is 3.53. The second-order valence-electron chi connectivity index (χ2n) is 6.72. The lowest BCUT2D eigenvalue weighted by Gasteiger charge is -2.29. The van der Waals surface area contributed by atoms with Crippen LogP contribution in [0.1, 0.15) is 40.7 Å².